The Morgan fingerprint density at radius 1 is 0.793 bits per heavy atom. The molecule has 29 heavy (non-hydrogen) atoms. The molecule has 1 aliphatic carbocycles. The number of hydrogen-bond donors (Lipinski definition) is 4. The number of benzene rings is 2. The van der Waals surface area contributed by atoms with Crippen LogP contribution in [0.3, 0.4) is 0 Å². The van der Waals surface area contributed by atoms with E-state index in [0.717, 1.165) is 12.8 Å². The second-order valence-electron chi connectivity index (χ2n) is 7.52. The maximum Gasteiger partial charge on any atom is 0.319 e. The van der Waals surface area contributed by atoms with E-state index >= 15 is 0 Å². The van der Waals surface area contributed by atoms with Crippen molar-refractivity contribution in [2.24, 2.45) is 11.8 Å². The van der Waals surface area contributed by atoms with Gasteiger partial charge in [-0.25, -0.2) is 4.79 Å². The highest BCUT2D eigenvalue weighted by Gasteiger charge is 2.29. The quantitative estimate of drug-likeness (QED) is 0.574. The van der Waals surface area contributed by atoms with Crippen LogP contribution in [0, 0.1) is 11.8 Å². The summed E-state index contributed by atoms with van der Waals surface area (Å²) < 4.78 is 0. The van der Waals surface area contributed by atoms with Crippen molar-refractivity contribution in [3.05, 3.63) is 54.6 Å². The lowest BCUT2D eigenvalue weighted by atomic mass is 10.0. The fourth-order valence-corrected chi connectivity index (χ4v) is 2.81. The van der Waals surface area contributed by atoms with Crippen LogP contribution in [0.15, 0.2) is 54.6 Å². The zero-order valence-electron chi connectivity index (χ0n) is 16.6. The van der Waals surface area contributed by atoms with Gasteiger partial charge in [-0.2, -0.15) is 0 Å². The zero-order chi connectivity index (χ0) is 20.8. The van der Waals surface area contributed by atoms with Crippen molar-refractivity contribution in [1.29, 1.82) is 0 Å². The summed E-state index contributed by atoms with van der Waals surface area (Å²) in [7, 11) is 0. The van der Waals surface area contributed by atoms with Gasteiger partial charge < -0.3 is 21.3 Å². The van der Waals surface area contributed by atoms with Crippen molar-refractivity contribution >= 4 is 34.9 Å². The second kappa shape index (κ2) is 9.23. The smallest absolute Gasteiger partial charge is 0.319 e. The van der Waals surface area contributed by atoms with Crippen LogP contribution >= 0.6 is 0 Å². The SMILES string of the molecule is CC(C)[C@@H](NC(=O)Nc1ccccc1)C(=O)Nc1ccc(NC(=O)C2CC2)cc1. The Morgan fingerprint density at radius 2 is 1.34 bits per heavy atom. The number of amides is 4. The summed E-state index contributed by atoms with van der Waals surface area (Å²) in [5, 5.41) is 11.1. The van der Waals surface area contributed by atoms with E-state index in [1.54, 1.807) is 36.4 Å². The van der Waals surface area contributed by atoms with Crippen molar-refractivity contribution in [3.63, 3.8) is 0 Å². The maximum atomic E-state index is 12.7. The van der Waals surface area contributed by atoms with E-state index in [1.807, 2.05) is 32.0 Å². The topological polar surface area (TPSA) is 99.3 Å². The van der Waals surface area contributed by atoms with Crippen molar-refractivity contribution < 1.29 is 14.4 Å². The minimum atomic E-state index is -0.701. The van der Waals surface area contributed by atoms with Crippen LogP contribution in [0.5, 0.6) is 0 Å². The molecule has 0 heterocycles. The first-order chi connectivity index (χ1) is 13.9. The highest BCUT2D eigenvalue weighted by Crippen LogP contribution is 2.30. The molecular formula is C22H26N4O3. The fourth-order valence-electron chi connectivity index (χ4n) is 2.81. The molecule has 4 N–H and O–H groups in total. The van der Waals surface area contributed by atoms with E-state index in [1.165, 1.54) is 0 Å². The lowest BCUT2D eigenvalue weighted by Gasteiger charge is -2.22. The predicted octanol–water partition coefficient (Wildman–Crippen LogP) is 3.82. The van der Waals surface area contributed by atoms with E-state index < -0.39 is 12.1 Å². The first-order valence-corrected chi connectivity index (χ1v) is 9.76. The molecule has 3 rings (SSSR count). The molecule has 1 aliphatic rings. The molecular weight excluding hydrogens is 368 g/mol. The van der Waals surface area contributed by atoms with Crippen molar-refractivity contribution in [2.75, 3.05) is 16.0 Å². The second-order valence-corrected chi connectivity index (χ2v) is 7.52. The molecule has 7 nitrogen and oxygen atoms in total. The molecule has 4 amide bonds. The molecule has 0 radical (unpaired) electrons. The first-order valence-electron chi connectivity index (χ1n) is 9.76. The molecule has 2 aromatic carbocycles. The standard InChI is InChI=1S/C22H26N4O3/c1-14(2)19(26-22(29)25-16-6-4-3-5-7-16)21(28)24-18-12-10-17(11-13-18)23-20(27)15-8-9-15/h3-7,10-15,19H,8-9H2,1-2H3,(H,23,27)(H,24,28)(H2,25,26,29)/t19-/m1/s1. The molecule has 2 aromatic rings. The molecule has 0 aliphatic heterocycles. The van der Waals surface area contributed by atoms with Gasteiger partial charge in [0.25, 0.3) is 0 Å². The van der Waals surface area contributed by atoms with E-state index in [-0.39, 0.29) is 23.7 Å². The summed E-state index contributed by atoms with van der Waals surface area (Å²) in [6, 6.07) is 14.8. The summed E-state index contributed by atoms with van der Waals surface area (Å²) in [6.07, 6.45) is 1.89. The third-order valence-corrected chi connectivity index (χ3v) is 4.64. The molecule has 1 atom stereocenters. The van der Waals surface area contributed by atoms with Gasteiger partial charge in [0.15, 0.2) is 0 Å². The van der Waals surface area contributed by atoms with Crippen molar-refractivity contribution in [1.82, 2.24) is 5.32 Å². The number of urea groups is 1. The number of carbonyl (C=O) groups is 3. The Morgan fingerprint density at radius 3 is 1.90 bits per heavy atom. The molecule has 152 valence electrons. The van der Waals surface area contributed by atoms with Crippen LogP contribution in [-0.2, 0) is 9.59 Å². The van der Waals surface area contributed by atoms with E-state index in [0.29, 0.717) is 17.1 Å². The van der Waals surface area contributed by atoms with Crippen LogP contribution in [0.1, 0.15) is 26.7 Å². The Hall–Kier alpha value is -3.35. The number of hydrogen-bond acceptors (Lipinski definition) is 3. The van der Waals surface area contributed by atoms with Gasteiger partial charge in [0, 0.05) is 23.0 Å². The number of anilines is 3. The number of carbonyl (C=O) groups excluding carboxylic acids is 3. The van der Waals surface area contributed by atoms with Crippen molar-refractivity contribution in [3.8, 4) is 0 Å². The summed E-state index contributed by atoms with van der Waals surface area (Å²) in [6.45, 7) is 3.73. The van der Waals surface area contributed by atoms with Gasteiger partial charge in [-0.15, -0.1) is 0 Å². The zero-order valence-corrected chi connectivity index (χ0v) is 16.6. The van der Waals surface area contributed by atoms with Gasteiger partial charge in [-0.1, -0.05) is 32.0 Å². The minimum absolute atomic E-state index is 0.0373. The molecule has 1 saturated carbocycles. The first kappa shape index (κ1) is 20.4. The van der Waals surface area contributed by atoms with Gasteiger partial charge in [0.05, 0.1) is 0 Å². The summed E-state index contributed by atoms with van der Waals surface area (Å²) in [4.78, 5) is 36.7. The van der Waals surface area contributed by atoms with Gasteiger partial charge in [-0.3, -0.25) is 9.59 Å². The molecule has 0 bridgehead atoms. The third kappa shape index (κ3) is 6.07. The normalized spacial score (nSPS) is 14.0. The molecule has 7 heteroatoms. The molecule has 1 fully saturated rings. The van der Waals surface area contributed by atoms with E-state index in [2.05, 4.69) is 21.3 Å². The molecule has 0 unspecified atom stereocenters. The highest BCUT2D eigenvalue weighted by molar-refractivity contribution is 5.99. The Bertz CT molecular complexity index is 861. The molecule has 0 saturated heterocycles. The lowest BCUT2D eigenvalue weighted by Crippen LogP contribution is -2.48. The maximum absolute atomic E-state index is 12.7. The highest BCUT2D eigenvalue weighted by atomic mass is 16.2. The number of nitrogens with one attached hydrogen (secondary N) is 4. The van der Waals surface area contributed by atoms with Gasteiger partial charge in [0.1, 0.15) is 6.04 Å². The van der Waals surface area contributed by atoms with Crippen LogP contribution in [0.25, 0.3) is 0 Å². The number of para-hydroxylation sites is 1. The summed E-state index contributed by atoms with van der Waals surface area (Å²) >= 11 is 0. The van der Waals surface area contributed by atoms with Crippen LogP contribution in [0.2, 0.25) is 0 Å². The van der Waals surface area contributed by atoms with Gasteiger partial charge >= 0.3 is 6.03 Å². The van der Waals surface area contributed by atoms with Crippen LogP contribution < -0.4 is 21.3 Å². The average molecular weight is 394 g/mol. The van der Waals surface area contributed by atoms with Crippen molar-refractivity contribution in [2.45, 2.75) is 32.7 Å². The molecule has 0 spiro atoms. The van der Waals surface area contributed by atoms with Crippen LogP contribution in [-0.4, -0.2) is 23.9 Å². The number of rotatable bonds is 7. The van der Waals surface area contributed by atoms with E-state index in [9.17, 15) is 14.4 Å². The Kier molecular flexibility index (Phi) is 6.49. The van der Waals surface area contributed by atoms with Gasteiger partial charge in [0.2, 0.25) is 11.8 Å². The monoisotopic (exact) mass is 394 g/mol. The fraction of sp³-hybridized carbons (Fsp3) is 0.318. The predicted molar refractivity (Wildman–Crippen MR) is 114 cm³/mol. The largest absolute Gasteiger partial charge is 0.326 e. The van der Waals surface area contributed by atoms with E-state index in [4.69, 9.17) is 0 Å². The van der Waals surface area contributed by atoms with Crippen LogP contribution in [0.4, 0.5) is 21.9 Å². The molecule has 0 aromatic heterocycles. The summed E-state index contributed by atoms with van der Waals surface area (Å²) in [5.41, 5.74) is 1.94. The summed E-state index contributed by atoms with van der Waals surface area (Å²) in [5.74, 6) is -0.240. The lowest BCUT2D eigenvalue weighted by molar-refractivity contribution is -0.119. The Balaban J connectivity index is 1.55. The van der Waals surface area contributed by atoms with Gasteiger partial charge in [-0.05, 0) is 55.2 Å². The Labute approximate surface area is 170 Å². The third-order valence-electron chi connectivity index (χ3n) is 4.64. The minimum Gasteiger partial charge on any atom is -0.326 e. The average Bonchev–Trinajstić information content (AvgIpc) is 3.53.